The molecule has 2 nitrogen and oxygen atoms in total. The van der Waals surface area contributed by atoms with E-state index >= 15 is 0 Å². The molecule has 3 heteroatoms. The second kappa shape index (κ2) is 6.76. The van der Waals surface area contributed by atoms with Gasteiger partial charge in [0.05, 0.1) is 7.11 Å². The fourth-order valence-corrected chi connectivity index (χ4v) is 3.40. The third-order valence-corrected chi connectivity index (χ3v) is 5.00. The van der Waals surface area contributed by atoms with E-state index in [2.05, 4.69) is 41.2 Å². The van der Waals surface area contributed by atoms with Gasteiger partial charge in [-0.3, -0.25) is 0 Å². The Hall–Kier alpha value is -0.540. The van der Waals surface area contributed by atoms with E-state index in [1.165, 1.54) is 24.8 Å². The lowest BCUT2D eigenvalue weighted by atomic mass is 9.78. The van der Waals surface area contributed by atoms with Crippen molar-refractivity contribution < 1.29 is 4.74 Å². The summed E-state index contributed by atoms with van der Waals surface area (Å²) in [5.74, 6) is 2.55. The number of benzene rings is 1. The van der Waals surface area contributed by atoms with Crippen molar-refractivity contribution in [3.8, 4) is 5.75 Å². The van der Waals surface area contributed by atoms with Gasteiger partial charge in [-0.2, -0.15) is 0 Å². The van der Waals surface area contributed by atoms with Crippen molar-refractivity contribution in [2.45, 2.75) is 45.7 Å². The number of rotatable bonds is 4. The van der Waals surface area contributed by atoms with Gasteiger partial charge in [0.1, 0.15) is 5.75 Å². The minimum Gasteiger partial charge on any atom is -0.496 e. The van der Waals surface area contributed by atoms with E-state index in [0.29, 0.717) is 6.04 Å². The minimum absolute atomic E-state index is 0.632. The van der Waals surface area contributed by atoms with Crippen LogP contribution in [0.1, 0.15) is 38.7 Å². The first kappa shape index (κ1) is 14.9. The average Bonchev–Trinajstić information content (AvgIpc) is 2.40. The highest BCUT2D eigenvalue weighted by atomic mass is 79.9. The molecule has 106 valence electrons. The minimum atomic E-state index is 0.632. The van der Waals surface area contributed by atoms with E-state index in [9.17, 15) is 0 Å². The van der Waals surface area contributed by atoms with Crippen LogP contribution in [0, 0.1) is 11.8 Å². The van der Waals surface area contributed by atoms with Crippen LogP contribution in [-0.4, -0.2) is 13.2 Å². The molecule has 0 saturated heterocycles. The zero-order chi connectivity index (χ0) is 13.8. The van der Waals surface area contributed by atoms with Crippen molar-refractivity contribution in [3.05, 3.63) is 28.2 Å². The number of nitrogens with one attached hydrogen (secondary N) is 1. The summed E-state index contributed by atoms with van der Waals surface area (Å²) >= 11 is 3.53. The van der Waals surface area contributed by atoms with Crippen LogP contribution in [0.2, 0.25) is 0 Å². The monoisotopic (exact) mass is 325 g/mol. The van der Waals surface area contributed by atoms with Crippen molar-refractivity contribution in [3.63, 3.8) is 0 Å². The Labute approximate surface area is 125 Å². The molecule has 0 amide bonds. The molecule has 1 N–H and O–H groups in total. The summed E-state index contributed by atoms with van der Waals surface area (Å²) in [7, 11) is 1.73. The highest BCUT2D eigenvalue weighted by Gasteiger charge is 2.26. The Morgan fingerprint density at radius 1 is 1.32 bits per heavy atom. The number of methoxy groups -OCH3 is 1. The fourth-order valence-electron chi connectivity index (χ4n) is 3.00. The molecule has 0 radical (unpaired) electrons. The molecule has 1 aliphatic rings. The molecule has 0 spiro atoms. The van der Waals surface area contributed by atoms with Gasteiger partial charge >= 0.3 is 0 Å². The summed E-state index contributed by atoms with van der Waals surface area (Å²) in [6.45, 7) is 5.63. The average molecular weight is 326 g/mol. The lowest BCUT2D eigenvalue weighted by molar-refractivity contribution is 0.205. The maximum Gasteiger partial charge on any atom is 0.123 e. The van der Waals surface area contributed by atoms with Crippen LogP contribution in [0.5, 0.6) is 5.75 Å². The van der Waals surface area contributed by atoms with Gasteiger partial charge in [-0.1, -0.05) is 42.6 Å². The van der Waals surface area contributed by atoms with Gasteiger partial charge in [0.25, 0.3) is 0 Å². The molecular formula is C16H24BrNO. The lowest BCUT2D eigenvalue weighted by Gasteiger charge is -2.35. The highest BCUT2D eigenvalue weighted by Crippen LogP contribution is 2.30. The Morgan fingerprint density at radius 3 is 2.84 bits per heavy atom. The first-order valence-electron chi connectivity index (χ1n) is 7.17. The summed E-state index contributed by atoms with van der Waals surface area (Å²) in [5.41, 5.74) is 1.22. The van der Waals surface area contributed by atoms with Crippen molar-refractivity contribution >= 4 is 15.9 Å². The van der Waals surface area contributed by atoms with Gasteiger partial charge in [-0.15, -0.1) is 0 Å². The van der Waals surface area contributed by atoms with Gasteiger partial charge in [0, 0.05) is 22.6 Å². The van der Waals surface area contributed by atoms with Crippen LogP contribution >= 0.6 is 15.9 Å². The molecule has 1 aromatic rings. The first-order valence-corrected chi connectivity index (χ1v) is 7.97. The van der Waals surface area contributed by atoms with Crippen molar-refractivity contribution in [1.29, 1.82) is 0 Å². The van der Waals surface area contributed by atoms with Crippen LogP contribution in [-0.2, 0) is 6.54 Å². The standard InChI is InChI=1S/C16H24BrNO/c1-11-5-4-6-15(12(11)2)18-10-13-9-14(17)7-8-16(13)19-3/h7-9,11-12,15,18H,4-6,10H2,1-3H3. The summed E-state index contributed by atoms with van der Waals surface area (Å²) < 4.78 is 6.53. The Bertz CT molecular complexity index is 421. The SMILES string of the molecule is COc1ccc(Br)cc1CNC1CCCC(C)C1C. The van der Waals surface area contributed by atoms with E-state index in [4.69, 9.17) is 4.74 Å². The fraction of sp³-hybridized carbons (Fsp3) is 0.625. The van der Waals surface area contributed by atoms with Crippen molar-refractivity contribution in [2.75, 3.05) is 7.11 Å². The van der Waals surface area contributed by atoms with E-state index in [0.717, 1.165) is 28.6 Å². The van der Waals surface area contributed by atoms with E-state index < -0.39 is 0 Å². The Balaban J connectivity index is 2.00. The Kier molecular flexibility index (Phi) is 5.28. The normalized spacial score (nSPS) is 27.3. The predicted octanol–water partition coefficient (Wildman–Crippen LogP) is 4.37. The quantitative estimate of drug-likeness (QED) is 0.887. The topological polar surface area (TPSA) is 21.3 Å². The third-order valence-electron chi connectivity index (χ3n) is 4.50. The molecule has 2 rings (SSSR count). The first-order chi connectivity index (χ1) is 9.11. The number of ether oxygens (including phenoxy) is 1. The van der Waals surface area contributed by atoms with Gasteiger partial charge in [0.15, 0.2) is 0 Å². The van der Waals surface area contributed by atoms with Crippen LogP contribution in [0.4, 0.5) is 0 Å². The zero-order valence-corrected chi connectivity index (χ0v) is 13.7. The van der Waals surface area contributed by atoms with Crippen LogP contribution in [0.25, 0.3) is 0 Å². The molecule has 0 heterocycles. The summed E-state index contributed by atoms with van der Waals surface area (Å²) in [4.78, 5) is 0. The van der Waals surface area contributed by atoms with E-state index in [-0.39, 0.29) is 0 Å². The summed E-state index contributed by atoms with van der Waals surface area (Å²) in [6.07, 6.45) is 4.01. The van der Waals surface area contributed by atoms with Gasteiger partial charge in [0.2, 0.25) is 0 Å². The van der Waals surface area contributed by atoms with Gasteiger partial charge in [-0.25, -0.2) is 0 Å². The molecule has 1 saturated carbocycles. The zero-order valence-electron chi connectivity index (χ0n) is 12.1. The lowest BCUT2D eigenvalue weighted by Crippen LogP contribution is -2.40. The predicted molar refractivity (Wildman–Crippen MR) is 83.5 cm³/mol. The van der Waals surface area contributed by atoms with Crippen LogP contribution < -0.4 is 10.1 Å². The highest BCUT2D eigenvalue weighted by molar-refractivity contribution is 9.10. The molecule has 1 fully saturated rings. The van der Waals surface area contributed by atoms with Crippen LogP contribution in [0.3, 0.4) is 0 Å². The second-order valence-electron chi connectivity index (χ2n) is 5.71. The summed E-state index contributed by atoms with van der Waals surface area (Å²) in [5, 5.41) is 3.72. The van der Waals surface area contributed by atoms with Gasteiger partial charge in [-0.05, 0) is 36.5 Å². The number of hydrogen-bond donors (Lipinski definition) is 1. The maximum atomic E-state index is 5.43. The molecular weight excluding hydrogens is 302 g/mol. The van der Waals surface area contributed by atoms with Crippen LogP contribution in [0.15, 0.2) is 22.7 Å². The molecule has 0 bridgehead atoms. The van der Waals surface area contributed by atoms with Crippen molar-refractivity contribution in [2.24, 2.45) is 11.8 Å². The largest absolute Gasteiger partial charge is 0.496 e. The Morgan fingerprint density at radius 2 is 2.11 bits per heavy atom. The summed E-state index contributed by atoms with van der Waals surface area (Å²) in [6, 6.07) is 6.82. The smallest absolute Gasteiger partial charge is 0.123 e. The van der Waals surface area contributed by atoms with Gasteiger partial charge < -0.3 is 10.1 Å². The molecule has 3 atom stereocenters. The van der Waals surface area contributed by atoms with Crippen molar-refractivity contribution in [1.82, 2.24) is 5.32 Å². The molecule has 0 aliphatic heterocycles. The molecule has 1 aromatic carbocycles. The maximum absolute atomic E-state index is 5.43. The third kappa shape index (κ3) is 3.73. The van der Waals surface area contributed by atoms with E-state index in [1.807, 2.05) is 12.1 Å². The molecule has 0 aromatic heterocycles. The number of hydrogen-bond acceptors (Lipinski definition) is 2. The molecule has 3 unspecified atom stereocenters. The molecule has 19 heavy (non-hydrogen) atoms. The molecule has 1 aliphatic carbocycles. The number of halogens is 1. The second-order valence-corrected chi connectivity index (χ2v) is 6.63. The van der Waals surface area contributed by atoms with E-state index in [1.54, 1.807) is 7.11 Å².